The Kier molecular flexibility index (Phi) is 5.15. The van der Waals surface area contributed by atoms with Gasteiger partial charge in [-0.05, 0) is 38.7 Å². The van der Waals surface area contributed by atoms with Crippen LogP contribution >= 0.6 is 0 Å². The molecule has 31 heavy (non-hydrogen) atoms. The molecule has 0 aromatic rings. The van der Waals surface area contributed by atoms with E-state index in [9.17, 15) is 24.6 Å². The van der Waals surface area contributed by atoms with Crippen LogP contribution in [0.3, 0.4) is 0 Å². The number of hydrogen-bond donors (Lipinski definition) is 2. The van der Waals surface area contributed by atoms with E-state index in [1.54, 1.807) is 6.92 Å². The van der Waals surface area contributed by atoms with Gasteiger partial charge < -0.3 is 24.4 Å². The Hall–Kier alpha value is -1.77. The molecule has 2 N–H and O–H groups in total. The summed E-state index contributed by atoms with van der Waals surface area (Å²) < 4.78 is 17.0. The second kappa shape index (κ2) is 7.12. The van der Waals surface area contributed by atoms with E-state index in [1.165, 1.54) is 13.8 Å². The average molecular weight is 437 g/mol. The number of esters is 2. The molecule has 0 radical (unpaired) electrons. The summed E-state index contributed by atoms with van der Waals surface area (Å²) in [5.74, 6) is -2.65. The van der Waals surface area contributed by atoms with Crippen LogP contribution in [-0.4, -0.2) is 64.1 Å². The van der Waals surface area contributed by atoms with Crippen molar-refractivity contribution >= 4 is 17.7 Å². The standard InChI is InChI=1S/C23H32O8/c1-11-6-7-22(28)9-15-21(5,20(27)19(30-13(3)24)18(11)12(22)2)16(26)8-17-23(15,10-29-17)31-14(4)25/h12,15-17,19,26,28H,6-10H2,1-5H3/t12-,15+,16+,17-,19-,21+,22-,23-/m1/s1. The zero-order valence-corrected chi connectivity index (χ0v) is 18.8. The molecule has 0 aromatic heterocycles. The summed E-state index contributed by atoms with van der Waals surface area (Å²) >= 11 is 0. The summed E-state index contributed by atoms with van der Waals surface area (Å²) in [7, 11) is 0. The van der Waals surface area contributed by atoms with Gasteiger partial charge in [0.2, 0.25) is 0 Å². The van der Waals surface area contributed by atoms with Gasteiger partial charge in [-0.2, -0.15) is 0 Å². The molecule has 0 spiro atoms. The number of carbonyl (C=O) groups is 3. The number of aliphatic hydroxyl groups is 2. The van der Waals surface area contributed by atoms with Gasteiger partial charge in [0, 0.05) is 32.1 Å². The molecule has 1 saturated heterocycles. The van der Waals surface area contributed by atoms with Gasteiger partial charge in [0.05, 0.1) is 23.7 Å². The highest BCUT2D eigenvalue weighted by Crippen LogP contribution is 2.60. The summed E-state index contributed by atoms with van der Waals surface area (Å²) in [5.41, 5.74) is -2.17. The normalized spacial score (nSPS) is 46.7. The van der Waals surface area contributed by atoms with Crippen molar-refractivity contribution in [2.45, 2.75) is 89.8 Å². The monoisotopic (exact) mass is 436 g/mol. The van der Waals surface area contributed by atoms with E-state index in [0.29, 0.717) is 18.4 Å². The number of hydrogen-bond acceptors (Lipinski definition) is 8. The van der Waals surface area contributed by atoms with Crippen molar-refractivity contribution in [2.75, 3.05) is 6.61 Å². The van der Waals surface area contributed by atoms with E-state index in [1.807, 2.05) is 13.8 Å². The van der Waals surface area contributed by atoms with Gasteiger partial charge in [-0.15, -0.1) is 0 Å². The summed E-state index contributed by atoms with van der Waals surface area (Å²) in [5, 5.41) is 23.0. The lowest BCUT2D eigenvalue weighted by molar-refractivity contribution is -0.325. The summed E-state index contributed by atoms with van der Waals surface area (Å²) in [6.45, 7) is 8.03. The topological polar surface area (TPSA) is 119 Å². The Morgan fingerprint density at radius 3 is 2.45 bits per heavy atom. The van der Waals surface area contributed by atoms with Gasteiger partial charge in [0.25, 0.3) is 0 Å². The molecule has 2 bridgehead atoms. The number of aliphatic hydroxyl groups excluding tert-OH is 1. The van der Waals surface area contributed by atoms with Crippen molar-refractivity contribution < 1.29 is 38.8 Å². The molecule has 8 heteroatoms. The highest BCUT2D eigenvalue weighted by Gasteiger charge is 2.72. The quantitative estimate of drug-likeness (QED) is 0.493. The molecule has 8 nitrogen and oxygen atoms in total. The third-order valence-electron chi connectivity index (χ3n) is 8.42. The van der Waals surface area contributed by atoms with Crippen molar-refractivity contribution in [1.82, 2.24) is 0 Å². The van der Waals surface area contributed by atoms with Gasteiger partial charge in [-0.3, -0.25) is 14.4 Å². The lowest BCUT2D eigenvalue weighted by atomic mass is 9.48. The summed E-state index contributed by atoms with van der Waals surface area (Å²) in [6.07, 6.45) is -1.54. The zero-order valence-electron chi connectivity index (χ0n) is 18.8. The van der Waals surface area contributed by atoms with Crippen LogP contribution in [0.4, 0.5) is 0 Å². The minimum Gasteiger partial charge on any atom is -0.454 e. The number of rotatable bonds is 2. The predicted octanol–water partition coefficient (Wildman–Crippen LogP) is 1.46. The van der Waals surface area contributed by atoms with Gasteiger partial charge in [0.15, 0.2) is 17.5 Å². The van der Waals surface area contributed by atoms with E-state index in [4.69, 9.17) is 14.2 Å². The highest BCUT2D eigenvalue weighted by atomic mass is 16.6. The van der Waals surface area contributed by atoms with Crippen LogP contribution in [-0.2, 0) is 28.6 Å². The van der Waals surface area contributed by atoms with Gasteiger partial charge in [-0.25, -0.2) is 0 Å². The SMILES string of the molecule is CC(=O)O[C@H]1C(=O)[C@@]2(C)[C@H](C[C@]3(O)CCC(C)=C1[C@H]3C)[C@]1(OC(C)=O)CO[C@@H]1C[C@@H]2O. The van der Waals surface area contributed by atoms with Crippen LogP contribution in [0.1, 0.15) is 60.3 Å². The Balaban J connectivity index is 1.93. The lowest BCUT2D eigenvalue weighted by Gasteiger charge is -2.64. The molecule has 4 aliphatic rings. The number of fused-ring (bicyclic) bond motifs is 5. The molecular formula is C23H32O8. The maximum Gasteiger partial charge on any atom is 0.303 e. The predicted molar refractivity (Wildman–Crippen MR) is 108 cm³/mol. The van der Waals surface area contributed by atoms with E-state index in [0.717, 1.165) is 5.57 Å². The molecule has 0 amide bonds. The number of allylic oxidation sites excluding steroid dienone is 1. The number of ether oxygens (including phenoxy) is 3. The second-order valence-electron chi connectivity index (χ2n) is 10.1. The number of ketones is 1. The Bertz CT molecular complexity index is 864. The average Bonchev–Trinajstić information content (AvgIpc) is 2.67. The van der Waals surface area contributed by atoms with Crippen LogP contribution in [0.25, 0.3) is 0 Å². The van der Waals surface area contributed by atoms with E-state index in [-0.39, 0.29) is 19.4 Å². The molecule has 172 valence electrons. The van der Waals surface area contributed by atoms with Crippen molar-refractivity contribution in [3.05, 3.63) is 11.1 Å². The fourth-order valence-electron chi connectivity index (χ4n) is 6.51. The van der Waals surface area contributed by atoms with Crippen LogP contribution in [0.5, 0.6) is 0 Å². The number of Topliss-reactive ketones (excluding diaryl/α,β-unsaturated/α-hetero) is 1. The fraction of sp³-hybridized carbons (Fsp3) is 0.783. The minimum atomic E-state index is -1.40. The molecule has 0 unspecified atom stereocenters. The largest absolute Gasteiger partial charge is 0.454 e. The van der Waals surface area contributed by atoms with E-state index < -0.39 is 64.5 Å². The minimum absolute atomic E-state index is 0.0991. The van der Waals surface area contributed by atoms with Crippen LogP contribution in [0.15, 0.2) is 11.1 Å². The van der Waals surface area contributed by atoms with Crippen LogP contribution in [0, 0.1) is 17.3 Å². The summed E-state index contributed by atoms with van der Waals surface area (Å²) in [6, 6.07) is 0. The molecule has 3 fully saturated rings. The van der Waals surface area contributed by atoms with E-state index >= 15 is 0 Å². The molecule has 4 rings (SSSR count). The van der Waals surface area contributed by atoms with E-state index in [2.05, 4.69) is 0 Å². The van der Waals surface area contributed by atoms with Gasteiger partial charge >= 0.3 is 11.9 Å². The Labute approximate surface area is 181 Å². The summed E-state index contributed by atoms with van der Waals surface area (Å²) in [4.78, 5) is 38.1. The van der Waals surface area contributed by atoms with Crippen molar-refractivity contribution in [3.63, 3.8) is 0 Å². The third kappa shape index (κ3) is 3.02. The Morgan fingerprint density at radius 2 is 1.90 bits per heavy atom. The third-order valence-corrected chi connectivity index (χ3v) is 8.42. The molecule has 1 heterocycles. The number of carbonyl (C=O) groups excluding carboxylic acids is 3. The van der Waals surface area contributed by atoms with Crippen molar-refractivity contribution in [2.24, 2.45) is 17.3 Å². The smallest absolute Gasteiger partial charge is 0.303 e. The van der Waals surface area contributed by atoms with Gasteiger partial charge in [-0.1, -0.05) is 12.5 Å². The maximum absolute atomic E-state index is 14.1. The molecular weight excluding hydrogens is 404 g/mol. The fourth-order valence-corrected chi connectivity index (χ4v) is 6.51. The van der Waals surface area contributed by atoms with Crippen molar-refractivity contribution in [3.8, 4) is 0 Å². The van der Waals surface area contributed by atoms with Gasteiger partial charge in [0.1, 0.15) is 6.10 Å². The Morgan fingerprint density at radius 1 is 1.23 bits per heavy atom. The van der Waals surface area contributed by atoms with Crippen molar-refractivity contribution in [1.29, 1.82) is 0 Å². The second-order valence-corrected chi connectivity index (χ2v) is 10.1. The maximum atomic E-state index is 14.1. The first kappa shape index (κ1) is 22.4. The van der Waals surface area contributed by atoms with Crippen LogP contribution in [0.2, 0.25) is 0 Å². The zero-order chi connectivity index (χ0) is 22.9. The molecule has 8 atom stereocenters. The molecule has 3 aliphatic carbocycles. The first-order chi connectivity index (χ1) is 14.4. The first-order valence-electron chi connectivity index (χ1n) is 11.0. The lowest BCUT2D eigenvalue weighted by Crippen LogP contribution is -2.77. The molecule has 0 aromatic carbocycles. The molecule has 2 saturated carbocycles. The van der Waals surface area contributed by atoms with Crippen LogP contribution < -0.4 is 0 Å². The molecule has 1 aliphatic heterocycles. The first-order valence-corrected chi connectivity index (χ1v) is 11.0. The highest BCUT2D eigenvalue weighted by molar-refractivity contribution is 5.94.